The van der Waals surface area contributed by atoms with Gasteiger partial charge in [0.1, 0.15) is 6.04 Å². The summed E-state index contributed by atoms with van der Waals surface area (Å²) in [6, 6.07) is 13.4. The highest BCUT2D eigenvalue weighted by Crippen LogP contribution is 2.42. The Balaban J connectivity index is 1.35. The molecule has 3 aliphatic heterocycles. The highest BCUT2D eigenvalue weighted by atomic mass is 19.4. The molecule has 0 aromatic heterocycles. The summed E-state index contributed by atoms with van der Waals surface area (Å²) in [5.74, 6) is -2.62. The van der Waals surface area contributed by atoms with Crippen molar-refractivity contribution >= 4 is 17.5 Å². The van der Waals surface area contributed by atoms with Crippen molar-refractivity contribution in [3.8, 4) is 0 Å². The third kappa shape index (κ3) is 6.96. The number of nitrogens with one attached hydrogen (secondary N) is 1. The number of carbonyl (C=O) groups excluding carboxylic acids is 2. The number of benzene rings is 2. The summed E-state index contributed by atoms with van der Waals surface area (Å²) in [4.78, 5) is 27.9. The lowest BCUT2D eigenvalue weighted by Gasteiger charge is -2.43. The lowest BCUT2D eigenvalue weighted by molar-refractivity contribution is -0.276. The Morgan fingerprint density at radius 2 is 1.71 bits per heavy atom. The molecule has 2 aromatic rings. The molecule has 0 aliphatic carbocycles. The number of alkyl halides is 3. The smallest absolute Gasteiger partial charge is 0.392 e. The Morgan fingerprint density at radius 1 is 0.976 bits per heavy atom. The van der Waals surface area contributed by atoms with Gasteiger partial charge in [0.05, 0.1) is 18.8 Å². The lowest BCUT2D eigenvalue weighted by atomic mass is 9.89. The summed E-state index contributed by atoms with van der Waals surface area (Å²) in [5, 5.41) is 12.2. The summed E-state index contributed by atoms with van der Waals surface area (Å²) < 4.78 is 52.2. The van der Waals surface area contributed by atoms with Crippen LogP contribution in [0.2, 0.25) is 0 Å². The maximum absolute atomic E-state index is 13.1. The standard InChI is InChI=1S/C31H38F3N3O5/c1-20-26(18-36-14-3-2-4-15-36)41-29(42-27(20)22-12-10-21(19-38)11-13-22)23-7-5-8-24(17-23)35-28(39)25-9-6-16-37(25)30(40)31(32,33)34/h5,7-8,10-13,17,20,25-27,29,38H,2-4,6,9,14-16,18-19H2,1H3,(H,35,39). The van der Waals surface area contributed by atoms with Crippen molar-refractivity contribution in [3.05, 3.63) is 65.2 Å². The average molecular weight is 590 g/mol. The molecule has 8 nitrogen and oxygen atoms in total. The fraction of sp³-hybridized carbons (Fsp3) is 0.548. The number of hydrogen-bond acceptors (Lipinski definition) is 6. The van der Waals surface area contributed by atoms with Crippen LogP contribution < -0.4 is 5.32 Å². The van der Waals surface area contributed by atoms with Gasteiger partial charge in [0.2, 0.25) is 5.91 Å². The van der Waals surface area contributed by atoms with Gasteiger partial charge >= 0.3 is 12.1 Å². The van der Waals surface area contributed by atoms with Crippen LogP contribution in [-0.2, 0) is 25.7 Å². The third-order valence-corrected chi connectivity index (χ3v) is 8.50. The summed E-state index contributed by atoms with van der Waals surface area (Å²) in [5.41, 5.74) is 2.82. The SMILES string of the molecule is CC1C(CN2CCCCC2)OC(c2cccc(NC(=O)C3CCCN3C(=O)C(F)(F)F)c2)OC1c1ccc(CO)cc1. The summed E-state index contributed by atoms with van der Waals surface area (Å²) >= 11 is 0. The molecule has 5 rings (SSSR count). The monoisotopic (exact) mass is 589 g/mol. The van der Waals surface area contributed by atoms with Gasteiger partial charge in [-0.05, 0) is 62.0 Å². The van der Waals surface area contributed by atoms with Crippen LogP contribution in [0.1, 0.15) is 68.1 Å². The van der Waals surface area contributed by atoms with E-state index in [1.807, 2.05) is 30.3 Å². The zero-order valence-electron chi connectivity index (χ0n) is 23.7. The zero-order valence-corrected chi connectivity index (χ0v) is 23.7. The highest BCUT2D eigenvalue weighted by molar-refractivity contribution is 5.98. The van der Waals surface area contributed by atoms with Crippen molar-refractivity contribution in [2.45, 2.75) is 76.4 Å². The molecule has 5 unspecified atom stereocenters. The molecule has 3 saturated heterocycles. The van der Waals surface area contributed by atoms with Crippen LogP contribution in [0.25, 0.3) is 0 Å². The van der Waals surface area contributed by atoms with Gasteiger partial charge in [0.15, 0.2) is 6.29 Å². The second-order valence-electron chi connectivity index (χ2n) is 11.5. The quantitative estimate of drug-likeness (QED) is 0.475. The van der Waals surface area contributed by atoms with Gasteiger partial charge in [0.25, 0.3) is 0 Å². The van der Waals surface area contributed by atoms with Crippen LogP contribution in [0.5, 0.6) is 0 Å². The number of aliphatic hydroxyl groups is 1. The first-order valence-electron chi connectivity index (χ1n) is 14.7. The number of amides is 2. The molecule has 228 valence electrons. The number of anilines is 1. The predicted molar refractivity (Wildman–Crippen MR) is 149 cm³/mol. The van der Waals surface area contributed by atoms with Crippen LogP contribution in [0, 0.1) is 5.92 Å². The third-order valence-electron chi connectivity index (χ3n) is 8.50. The number of ether oxygens (including phenoxy) is 2. The minimum absolute atomic E-state index is 0.0329. The van der Waals surface area contributed by atoms with Crippen LogP contribution in [-0.4, -0.2) is 71.2 Å². The maximum Gasteiger partial charge on any atom is 0.471 e. The van der Waals surface area contributed by atoms with E-state index in [1.54, 1.807) is 18.2 Å². The molecule has 3 fully saturated rings. The van der Waals surface area contributed by atoms with Crippen molar-refractivity contribution < 1.29 is 37.3 Å². The van der Waals surface area contributed by atoms with Crippen LogP contribution in [0.3, 0.4) is 0 Å². The Bertz CT molecular complexity index is 1240. The second-order valence-corrected chi connectivity index (χ2v) is 11.5. The molecule has 11 heteroatoms. The van der Waals surface area contributed by atoms with E-state index in [-0.39, 0.29) is 37.7 Å². The van der Waals surface area contributed by atoms with Crippen LogP contribution in [0.15, 0.2) is 48.5 Å². The minimum Gasteiger partial charge on any atom is -0.392 e. The molecule has 2 amide bonds. The summed E-state index contributed by atoms with van der Waals surface area (Å²) in [6.45, 7) is 4.74. The lowest BCUT2D eigenvalue weighted by Crippen LogP contribution is -2.48. The molecule has 2 aromatic carbocycles. The van der Waals surface area contributed by atoms with E-state index in [0.29, 0.717) is 22.6 Å². The zero-order chi connectivity index (χ0) is 29.9. The second kappa shape index (κ2) is 13.1. The molecule has 2 N–H and O–H groups in total. The van der Waals surface area contributed by atoms with Crippen molar-refractivity contribution in [3.63, 3.8) is 0 Å². The largest absolute Gasteiger partial charge is 0.471 e. The molecule has 3 aliphatic rings. The van der Waals surface area contributed by atoms with E-state index < -0.39 is 30.3 Å². The van der Waals surface area contributed by atoms with E-state index in [1.165, 1.54) is 6.42 Å². The number of likely N-dealkylation sites (tertiary alicyclic amines) is 2. The van der Waals surface area contributed by atoms with E-state index >= 15 is 0 Å². The van der Waals surface area contributed by atoms with Gasteiger partial charge in [0, 0.05) is 30.3 Å². The molecule has 0 bridgehead atoms. The first-order valence-corrected chi connectivity index (χ1v) is 14.7. The molecule has 42 heavy (non-hydrogen) atoms. The summed E-state index contributed by atoms with van der Waals surface area (Å²) in [7, 11) is 0. The number of piperidine rings is 1. The normalized spacial score (nSPS) is 27.2. The number of halogens is 3. The van der Waals surface area contributed by atoms with Gasteiger partial charge in [-0.25, -0.2) is 0 Å². The predicted octanol–water partition coefficient (Wildman–Crippen LogP) is 4.95. The van der Waals surface area contributed by atoms with E-state index in [9.17, 15) is 27.9 Å². The number of aliphatic hydroxyl groups excluding tert-OH is 1. The fourth-order valence-electron chi connectivity index (χ4n) is 6.16. The first kappa shape index (κ1) is 30.5. The average Bonchev–Trinajstić information content (AvgIpc) is 3.48. The summed E-state index contributed by atoms with van der Waals surface area (Å²) in [6.07, 6.45) is -2.18. The Kier molecular flexibility index (Phi) is 9.51. The van der Waals surface area contributed by atoms with Crippen LogP contribution in [0.4, 0.5) is 18.9 Å². The van der Waals surface area contributed by atoms with Gasteiger partial charge in [-0.3, -0.25) is 9.59 Å². The van der Waals surface area contributed by atoms with Gasteiger partial charge in [-0.1, -0.05) is 49.7 Å². The van der Waals surface area contributed by atoms with Crippen molar-refractivity contribution in [2.75, 3.05) is 31.5 Å². The highest BCUT2D eigenvalue weighted by Gasteiger charge is 2.47. The molecule has 3 heterocycles. The Labute approximate surface area is 243 Å². The molecule has 0 radical (unpaired) electrons. The van der Waals surface area contributed by atoms with Gasteiger partial charge in [-0.2, -0.15) is 13.2 Å². The number of carbonyl (C=O) groups is 2. The van der Waals surface area contributed by atoms with Crippen LogP contribution >= 0.6 is 0 Å². The Hall–Kier alpha value is -2.99. The minimum atomic E-state index is -5.03. The van der Waals surface area contributed by atoms with Crippen molar-refractivity contribution in [1.82, 2.24) is 9.80 Å². The van der Waals surface area contributed by atoms with E-state index in [0.717, 1.165) is 43.6 Å². The van der Waals surface area contributed by atoms with Gasteiger partial charge in [-0.15, -0.1) is 0 Å². The maximum atomic E-state index is 13.1. The fourth-order valence-corrected chi connectivity index (χ4v) is 6.16. The Morgan fingerprint density at radius 3 is 2.40 bits per heavy atom. The molecule has 5 atom stereocenters. The number of hydrogen-bond donors (Lipinski definition) is 2. The van der Waals surface area contributed by atoms with E-state index in [2.05, 4.69) is 17.1 Å². The van der Waals surface area contributed by atoms with Crippen molar-refractivity contribution in [2.24, 2.45) is 5.92 Å². The molecular weight excluding hydrogens is 551 g/mol. The van der Waals surface area contributed by atoms with E-state index in [4.69, 9.17) is 9.47 Å². The van der Waals surface area contributed by atoms with Crippen molar-refractivity contribution in [1.29, 1.82) is 0 Å². The molecule has 0 saturated carbocycles. The number of rotatable bonds is 7. The molecular formula is C31H38F3N3O5. The topological polar surface area (TPSA) is 91.3 Å². The number of nitrogens with zero attached hydrogens (tertiary/aromatic N) is 2. The first-order chi connectivity index (χ1) is 20.1. The molecule has 0 spiro atoms. The van der Waals surface area contributed by atoms with Gasteiger partial charge < -0.3 is 29.7 Å².